The molecule has 3 aromatic carbocycles. The minimum Gasteiger partial charge on any atom is -0.264 e. The summed E-state index contributed by atoms with van der Waals surface area (Å²) in [5, 5.41) is 5.69. The van der Waals surface area contributed by atoms with Gasteiger partial charge in [0.25, 0.3) is 0 Å². The number of aromatic nitrogens is 7. The van der Waals surface area contributed by atoms with Crippen LogP contribution in [0, 0.1) is 0 Å². The van der Waals surface area contributed by atoms with E-state index in [-0.39, 0.29) is 0 Å². The van der Waals surface area contributed by atoms with E-state index >= 15 is 0 Å². The largest absolute Gasteiger partial charge is 0.264 e. The van der Waals surface area contributed by atoms with Crippen LogP contribution in [-0.4, -0.2) is 34.9 Å². The third-order valence-electron chi connectivity index (χ3n) is 7.29. The molecule has 0 atom stereocenters. The van der Waals surface area contributed by atoms with Crippen molar-refractivity contribution in [2.45, 2.75) is 0 Å². The molecule has 0 spiro atoms. The molecule has 7 nitrogen and oxygen atoms in total. The van der Waals surface area contributed by atoms with Crippen LogP contribution in [-0.2, 0) is 0 Å². The molecule has 0 N–H and O–H groups in total. The first kappa shape index (κ1) is 23.9. The Labute approximate surface area is 240 Å². The van der Waals surface area contributed by atoms with Gasteiger partial charge in [0.1, 0.15) is 5.69 Å². The quantitative estimate of drug-likeness (QED) is 0.213. The average Bonchev–Trinajstić information content (AvgIpc) is 3.08. The van der Waals surface area contributed by atoms with Crippen LogP contribution < -0.4 is 0 Å². The summed E-state index contributed by atoms with van der Waals surface area (Å²) in [6.45, 7) is 0. The van der Waals surface area contributed by atoms with E-state index in [1.165, 1.54) is 16.2 Å². The number of para-hydroxylation sites is 1. The van der Waals surface area contributed by atoms with Crippen molar-refractivity contribution in [3.63, 3.8) is 0 Å². The maximum atomic E-state index is 5.11. The van der Waals surface area contributed by atoms with Gasteiger partial charge < -0.3 is 0 Å². The van der Waals surface area contributed by atoms with Crippen LogP contribution in [0.15, 0.2) is 128 Å². The summed E-state index contributed by atoms with van der Waals surface area (Å²) in [5.41, 5.74) is 4.67. The number of hydrogen-bond donors (Lipinski definition) is 0. The Morgan fingerprint density at radius 1 is 0.405 bits per heavy atom. The topological polar surface area (TPSA) is 90.2 Å². The number of rotatable bonds is 4. The van der Waals surface area contributed by atoms with Gasteiger partial charge >= 0.3 is 0 Å². The summed E-state index contributed by atoms with van der Waals surface area (Å²) in [7, 11) is 0. The maximum Gasteiger partial charge on any atom is 0.182 e. The molecule has 0 radical (unpaired) electrons. The van der Waals surface area contributed by atoms with Gasteiger partial charge in [-0.25, -0.2) is 24.9 Å². The zero-order chi connectivity index (χ0) is 27.9. The van der Waals surface area contributed by atoms with Gasteiger partial charge in [-0.1, -0.05) is 60.7 Å². The lowest BCUT2D eigenvalue weighted by molar-refractivity contribution is 1.05. The maximum absolute atomic E-state index is 5.11. The van der Waals surface area contributed by atoms with Gasteiger partial charge in [-0.2, -0.15) is 0 Å². The van der Waals surface area contributed by atoms with Crippen LogP contribution in [0.1, 0.15) is 0 Å². The van der Waals surface area contributed by atoms with E-state index in [2.05, 4.69) is 64.6 Å². The molecule has 8 rings (SSSR count). The Hall–Kier alpha value is -5.95. The Morgan fingerprint density at radius 2 is 1.07 bits per heavy atom. The molecule has 42 heavy (non-hydrogen) atoms. The van der Waals surface area contributed by atoms with E-state index < -0.39 is 0 Å². The van der Waals surface area contributed by atoms with Crippen molar-refractivity contribution in [2.24, 2.45) is 0 Å². The van der Waals surface area contributed by atoms with E-state index in [0.717, 1.165) is 38.8 Å². The molecule has 0 bridgehead atoms. The summed E-state index contributed by atoms with van der Waals surface area (Å²) in [4.78, 5) is 33.1. The summed E-state index contributed by atoms with van der Waals surface area (Å²) >= 11 is 0. The second kappa shape index (κ2) is 9.91. The van der Waals surface area contributed by atoms with E-state index in [1.807, 2.05) is 48.5 Å². The van der Waals surface area contributed by atoms with Crippen molar-refractivity contribution >= 4 is 32.4 Å². The molecule has 0 saturated heterocycles. The fraction of sp³-hybridized carbons (Fsp3) is 0. The molecular formula is C35H21N7. The Kier molecular flexibility index (Phi) is 5.64. The molecule has 8 aromatic rings. The smallest absolute Gasteiger partial charge is 0.182 e. The summed E-state index contributed by atoms with van der Waals surface area (Å²) in [6, 6.07) is 34.5. The summed E-state index contributed by atoms with van der Waals surface area (Å²) in [5.74, 6) is 1.49. The van der Waals surface area contributed by atoms with Gasteiger partial charge in [0.2, 0.25) is 0 Å². The van der Waals surface area contributed by atoms with Crippen molar-refractivity contribution in [2.75, 3.05) is 0 Å². The van der Waals surface area contributed by atoms with Crippen molar-refractivity contribution in [3.8, 4) is 45.7 Å². The molecule has 0 saturated carbocycles. The monoisotopic (exact) mass is 539 g/mol. The zero-order valence-corrected chi connectivity index (χ0v) is 22.3. The Bertz CT molecular complexity index is 2180. The second-order valence-corrected chi connectivity index (χ2v) is 9.88. The van der Waals surface area contributed by atoms with Gasteiger partial charge in [0.15, 0.2) is 17.5 Å². The van der Waals surface area contributed by atoms with Crippen LogP contribution in [0.25, 0.3) is 78.1 Å². The van der Waals surface area contributed by atoms with E-state index in [4.69, 9.17) is 24.9 Å². The fourth-order valence-corrected chi connectivity index (χ4v) is 5.35. The molecule has 0 fully saturated rings. The lowest BCUT2D eigenvalue weighted by Gasteiger charge is -2.13. The first-order valence-electron chi connectivity index (χ1n) is 13.6. The van der Waals surface area contributed by atoms with E-state index in [1.54, 1.807) is 24.8 Å². The molecule has 0 aliphatic heterocycles. The molecule has 5 heterocycles. The number of nitrogens with zero attached hydrogens (tertiary/aromatic N) is 7. The first-order chi connectivity index (χ1) is 20.8. The molecule has 0 aliphatic rings. The van der Waals surface area contributed by atoms with Crippen LogP contribution in [0.4, 0.5) is 0 Å². The second-order valence-electron chi connectivity index (χ2n) is 9.88. The minimum atomic E-state index is 0.458. The van der Waals surface area contributed by atoms with Crippen molar-refractivity contribution in [1.29, 1.82) is 0 Å². The lowest BCUT2D eigenvalue weighted by Crippen LogP contribution is -2.02. The highest BCUT2D eigenvalue weighted by Crippen LogP contribution is 2.37. The molecule has 7 heteroatoms. The molecule has 0 aliphatic carbocycles. The molecule has 0 amide bonds. The molecular weight excluding hydrogens is 518 g/mol. The number of hydrogen-bond acceptors (Lipinski definition) is 7. The SMILES string of the molecule is c1cncc(-c2nc(-c3cccnc3)nc(-c3cccc(-c4nc5ccccc5c5c4ccc4ccccc45)n3)n2)c1. The van der Waals surface area contributed by atoms with Crippen LogP contribution in [0.2, 0.25) is 0 Å². The van der Waals surface area contributed by atoms with Crippen LogP contribution >= 0.6 is 0 Å². The molecule has 5 aromatic heterocycles. The lowest BCUT2D eigenvalue weighted by atomic mass is 9.96. The Balaban J connectivity index is 1.35. The highest BCUT2D eigenvalue weighted by Gasteiger charge is 2.17. The molecule has 0 unspecified atom stereocenters. The Morgan fingerprint density at radius 3 is 1.81 bits per heavy atom. The molecule has 196 valence electrons. The van der Waals surface area contributed by atoms with Gasteiger partial charge in [-0.05, 0) is 53.2 Å². The number of pyridine rings is 4. The van der Waals surface area contributed by atoms with Gasteiger partial charge in [0.05, 0.1) is 16.9 Å². The van der Waals surface area contributed by atoms with E-state index in [9.17, 15) is 0 Å². The average molecular weight is 540 g/mol. The van der Waals surface area contributed by atoms with Gasteiger partial charge in [-0.3, -0.25) is 9.97 Å². The minimum absolute atomic E-state index is 0.458. The van der Waals surface area contributed by atoms with Gasteiger partial charge in [0, 0.05) is 52.1 Å². The highest BCUT2D eigenvalue weighted by molar-refractivity contribution is 6.22. The summed E-state index contributed by atoms with van der Waals surface area (Å²) < 4.78 is 0. The predicted octanol–water partition coefficient (Wildman–Crippen LogP) is 7.58. The van der Waals surface area contributed by atoms with Crippen molar-refractivity contribution in [3.05, 3.63) is 128 Å². The summed E-state index contributed by atoms with van der Waals surface area (Å²) in [6.07, 6.45) is 6.93. The van der Waals surface area contributed by atoms with Crippen molar-refractivity contribution < 1.29 is 0 Å². The third kappa shape index (κ3) is 4.12. The highest BCUT2D eigenvalue weighted by atomic mass is 15.0. The van der Waals surface area contributed by atoms with Crippen LogP contribution in [0.3, 0.4) is 0 Å². The fourth-order valence-electron chi connectivity index (χ4n) is 5.35. The first-order valence-corrected chi connectivity index (χ1v) is 13.6. The van der Waals surface area contributed by atoms with Crippen molar-refractivity contribution in [1.82, 2.24) is 34.9 Å². The zero-order valence-electron chi connectivity index (χ0n) is 22.3. The number of benzene rings is 3. The predicted molar refractivity (Wildman–Crippen MR) is 165 cm³/mol. The van der Waals surface area contributed by atoms with E-state index in [0.29, 0.717) is 23.2 Å². The third-order valence-corrected chi connectivity index (χ3v) is 7.29. The van der Waals surface area contributed by atoms with Gasteiger partial charge in [-0.15, -0.1) is 0 Å². The normalized spacial score (nSPS) is 11.3. The number of fused-ring (bicyclic) bond motifs is 5. The van der Waals surface area contributed by atoms with Crippen LogP contribution in [0.5, 0.6) is 0 Å². The standard InChI is InChI=1S/C35H21N7/c1-2-11-25-22(8-1)16-17-27-31(25)26-12-3-4-13-28(26)39-32(27)29-14-5-15-30(38-29)35-41-33(23-9-6-18-36-20-23)40-34(42-35)24-10-7-19-37-21-24/h1-21H.